The van der Waals surface area contributed by atoms with Crippen molar-refractivity contribution in [1.82, 2.24) is 4.98 Å². The molecule has 0 saturated heterocycles. The Balaban J connectivity index is 2.49. The lowest BCUT2D eigenvalue weighted by atomic mass is 10.1. The number of pyridine rings is 1. The van der Waals surface area contributed by atoms with Gasteiger partial charge in [-0.15, -0.1) is 0 Å². The van der Waals surface area contributed by atoms with Crippen LogP contribution in [0, 0.1) is 18.3 Å². The van der Waals surface area contributed by atoms with Gasteiger partial charge >= 0.3 is 0 Å². The van der Waals surface area contributed by atoms with Gasteiger partial charge in [-0.25, -0.2) is 4.98 Å². The molecule has 0 aliphatic rings. The summed E-state index contributed by atoms with van der Waals surface area (Å²) in [6.45, 7) is 1.98. The number of aromatic nitrogens is 1. The van der Waals surface area contributed by atoms with Crippen LogP contribution in [0.5, 0.6) is 5.75 Å². The number of anilines is 2. The van der Waals surface area contributed by atoms with E-state index in [1.165, 1.54) is 0 Å². The lowest BCUT2D eigenvalue weighted by molar-refractivity contribution is 0.416. The number of hydrogen-bond acceptors (Lipinski definition) is 4. The highest BCUT2D eigenvalue weighted by Crippen LogP contribution is 2.33. The molecule has 2 rings (SSSR count). The van der Waals surface area contributed by atoms with Crippen molar-refractivity contribution >= 4 is 27.4 Å². The molecule has 0 amide bonds. The van der Waals surface area contributed by atoms with Crippen LogP contribution in [0.25, 0.3) is 0 Å². The number of ether oxygens (including phenoxy) is 1. The van der Waals surface area contributed by atoms with Crippen LogP contribution in [0.3, 0.4) is 0 Å². The summed E-state index contributed by atoms with van der Waals surface area (Å²) >= 11 is 3.48. The minimum Gasteiger partial charge on any atom is -0.495 e. The molecule has 4 nitrogen and oxygen atoms in total. The maximum Gasteiger partial charge on any atom is 0.145 e. The van der Waals surface area contributed by atoms with Gasteiger partial charge in [0.15, 0.2) is 0 Å². The van der Waals surface area contributed by atoms with Crippen molar-refractivity contribution in [2.45, 2.75) is 6.92 Å². The van der Waals surface area contributed by atoms with E-state index >= 15 is 0 Å². The second-order valence-corrected chi connectivity index (χ2v) is 4.70. The molecule has 5 heteroatoms. The molecule has 1 N–H and O–H groups in total. The first-order chi connectivity index (χ1) is 9.17. The van der Waals surface area contributed by atoms with E-state index < -0.39 is 0 Å². The Morgan fingerprint density at radius 3 is 2.84 bits per heavy atom. The van der Waals surface area contributed by atoms with Gasteiger partial charge in [0.1, 0.15) is 23.3 Å². The number of nitrogens with one attached hydrogen (secondary N) is 1. The van der Waals surface area contributed by atoms with E-state index in [4.69, 9.17) is 10.00 Å². The highest BCUT2D eigenvalue weighted by Gasteiger charge is 2.12. The zero-order valence-corrected chi connectivity index (χ0v) is 12.2. The number of methoxy groups -OCH3 is 1. The lowest BCUT2D eigenvalue weighted by Gasteiger charge is -2.13. The average molecular weight is 318 g/mol. The van der Waals surface area contributed by atoms with E-state index in [0.29, 0.717) is 22.8 Å². The topological polar surface area (TPSA) is 57.9 Å². The normalized spacial score (nSPS) is 9.79. The molecule has 0 aliphatic heterocycles. The van der Waals surface area contributed by atoms with Gasteiger partial charge in [-0.3, -0.25) is 0 Å². The Morgan fingerprint density at radius 2 is 2.16 bits per heavy atom. The molecule has 0 unspecified atom stereocenters. The first-order valence-electron chi connectivity index (χ1n) is 5.62. The number of hydrogen-bond donors (Lipinski definition) is 1. The van der Waals surface area contributed by atoms with Crippen molar-refractivity contribution in [2.24, 2.45) is 0 Å². The second kappa shape index (κ2) is 5.72. The van der Waals surface area contributed by atoms with Crippen LogP contribution in [-0.4, -0.2) is 12.1 Å². The molecule has 96 valence electrons. The quantitative estimate of drug-likeness (QED) is 0.936. The van der Waals surface area contributed by atoms with Gasteiger partial charge in [0, 0.05) is 6.20 Å². The molecule has 1 aromatic heterocycles. The van der Waals surface area contributed by atoms with E-state index in [2.05, 4.69) is 32.3 Å². The van der Waals surface area contributed by atoms with E-state index in [-0.39, 0.29) is 0 Å². The summed E-state index contributed by atoms with van der Waals surface area (Å²) in [4.78, 5) is 4.26. The fourth-order valence-corrected chi connectivity index (χ4v) is 2.00. The average Bonchev–Trinajstić information content (AvgIpc) is 2.44. The van der Waals surface area contributed by atoms with E-state index in [1.807, 2.05) is 13.0 Å². The molecule has 0 saturated carbocycles. The van der Waals surface area contributed by atoms with Crippen molar-refractivity contribution in [3.8, 4) is 11.8 Å². The lowest BCUT2D eigenvalue weighted by Crippen LogP contribution is -2.00. The fraction of sp³-hybridized carbons (Fsp3) is 0.143. The third kappa shape index (κ3) is 2.69. The molecular weight excluding hydrogens is 306 g/mol. The van der Waals surface area contributed by atoms with Crippen molar-refractivity contribution in [1.29, 1.82) is 5.26 Å². The van der Waals surface area contributed by atoms with E-state index in [1.54, 1.807) is 31.5 Å². The van der Waals surface area contributed by atoms with Gasteiger partial charge in [0.25, 0.3) is 0 Å². The predicted molar refractivity (Wildman–Crippen MR) is 77.7 cm³/mol. The SMILES string of the molecule is COc1cccc(C#N)c1Nc1nccc(C)c1Br. The Kier molecular flexibility index (Phi) is 4.03. The summed E-state index contributed by atoms with van der Waals surface area (Å²) in [5, 5.41) is 12.3. The first-order valence-corrected chi connectivity index (χ1v) is 6.42. The molecule has 0 aliphatic carbocycles. The number of benzene rings is 1. The summed E-state index contributed by atoms with van der Waals surface area (Å²) in [6, 6.07) is 9.35. The molecule has 1 aromatic carbocycles. The molecule has 0 radical (unpaired) electrons. The third-order valence-corrected chi connectivity index (χ3v) is 3.69. The van der Waals surface area contributed by atoms with Crippen LogP contribution in [0.1, 0.15) is 11.1 Å². The highest BCUT2D eigenvalue weighted by molar-refractivity contribution is 9.10. The van der Waals surface area contributed by atoms with Crippen LogP contribution in [0.2, 0.25) is 0 Å². The maximum atomic E-state index is 9.16. The monoisotopic (exact) mass is 317 g/mol. The van der Waals surface area contributed by atoms with Crippen molar-refractivity contribution in [3.05, 3.63) is 46.1 Å². The van der Waals surface area contributed by atoms with Crippen LogP contribution in [-0.2, 0) is 0 Å². The fourth-order valence-electron chi connectivity index (χ4n) is 1.67. The van der Waals surface area contributed by atoms with Gasteiger partial charge in [0.05, 0.1) is 17.1 Å². The predicted octanol–water partition coefficient (Wildman–Crippen LogP) is 3.78. The van der Waals surface area contributed by atoms with Crippen LogP contribution >= 0.6 is 15.9 Å². The summed E-state index contributed by atoms with van der Waals surface area (Å²) in [5.74, 6) is 1.26. The Bertz CT molecular complexity index is 650. The van der Waals surface area contributed by atoms with Gasteiger partial charge in [-0.1, -0.05) is 6.07 Å². The molecule has 1 heterocycles. The number of rotatable bonds is 3. The molecule has 19 heavy (non-hydrogen) atoms. The van der Waals surface area contributed by atoms with Crippen molar-refractivity contribution in [2.75, 3.05) is 12.4 Å². The number of nitrogens with zero attached hydrogens (tertiary/aromatic N) is 2. The number of nitriles is 1. The Hall–Kier alpha value is -2.06. The van der Waals surface area contributed by atoms with Gasteiger partial charge in [-0.05, 0) is 46.6 Å². The number of aryl methyl sites for hydroxylation is 1. The number of halogens is 1. The highest BCUT2D eigenvalue weighted by atomic mass is 79.9. The molecule has 2 aromatic rings. The van der Waals surface area contributed by atoms with Gasteiger partial charge in [0.2, 0.25) is 0 Å². The van der Waals surface area contributed by atoms with Crippen LogP contribution < -0.4 is 10.1 Å². The summed E-state index contributed by atoms with van der Waals surface area (Å²) < 4.78 is 6.14. The van der Waals surface area contributed by atoms with Crippen molar-refractivity contribution < 1.29 is 4.74 Å². The third-order valence-electron chi connectivity index (χ3n) is 2.69. The molecule has 0 spiro atoms. The Labute approximate surface area is 120 Å². The standard InChI is InChI=1S/C14H12BrN3O/c1-9-6-7-17-14(12(9)15)18-13-10(8-16)4-3-5-11(13)19-2/h3-7H,1-2H3,(H,17,18). The van der Waals surface area contributed by atoms with E-state index in [9.17, 15) is 0 Å². The maximum absolute atomic E-state index is 9.16. The van der Waals surface area contributed by atoms with Crippen molar-refractivity contribution in [3.63, 3.8) is 0 Å². The zero-order valence-electron chi connectivity index (χ0n) is 10.6. The number of para-hydroxylation sites is 1. The molecule has 0 fully saturated rings. The summed E-state index contributed by atoms with van der Waals surface area (Å²) in [5.41, 5.74) is 2.19. The van der Waals surface area contributed by atoms with Crippen LogP contribution in [0.4, 0.5) is 11.5 Å². The zero-order chi connectivity index (χ0) is 13.8. The minimum absolute atomic E-state index is 0.509. The van der Waals surface area contributed by atoms with Crippen LogP contribution in [0.15, 0.2) is 34.9 Å². The minimum atomic E-state index is 0.509. The first kappa shape index (κ1) is 13.4. The molecule has 0 atom stereocenters. The molecule has 0 bridgehead atoms. The largest absolute Gasteiger partial charge is 0.495 e. The second-order valence-electron chi connectivity index (χ2n) is 3.91. The van der Waals surface area contributed by atoms with E-state index in [0.717, 1.165) is 10.0 Å². The smallest absolute Gasteiger partial charge is 0.145 e. The summed E-state index contributed by atoms with van der Waals surface area (Å²) in [6.07, 6.45) is 1.71. The molecular formula is C14H12BrN3O. The summed E-state index contributed by atoms with van der Waals surface area (Å²) in [7, 11) is 1.57. The van der Waals surface area contributed by atoms with Gasteiger partial charge < -0.3 is 10.1 Å². The Morgan fingerprint density at radius 1 is 1.37 bits per heavy atom. The van der Waals surface area contributed by atoms with Gasteiger partial charge in [-0.2, -0.15) is 5.26 Å².